The Balaban J connectivity index is 1.37. The third-order valence-electron chi connectivity index (χ3n) is 4.65. The lowest BCUT2D eigenvalue weighted by Crippen LogP contribution is -2.32. The summed E-state index contributed by atoms with van der Waals surface area (Å²) in [7, 11) is 0. The largest absolute Gasteiger partial charge is 0.445 e. The maximum atomic E-state index is 5.58. The summed E-state index contributed by atoms with van der Waals surface area (Å²) >= 11 is 0. The summed E-state index contributed by atoms with van der Waals surface area (Å²) in [6.07, 6.45) is 7.69. The van der Waals surface area contributed by atoms with E-state index in [0.717, 1.165) is 55.4 Å². The molecule has 3 aromatic rings. The van der Waals surface area contributed by atoms with Crippen LogP contribution in [0.5, 0.6) is 0 Å². The zero-order valence-electron chi connectivity index (χ0n) is 13.8. The highest BCUT2D eigenvalue weighted by Crippen LogP contribution is 2.29. The van der Waals surface area contributed by atoms with Gasteiger partial charge in [-0.2, -0.15) is 5.10 Å². The minimum absolute atomic E-state index is 0.542. The molecule has 0 aliphatic carbocycles. The van der Waals surface area contributed by atoms with Gasteiger partial charge in [0.1, 0.15) is 5.76 Å². The number of pyridine rings is 1. The number of piperidine rings is 1. The number of nitrogens with zero attached hydrogens (tertiary/aromatic N) is 4. The van der Waals surface area contributed by atoms with Crippen LogP contribution in [0, 0.1) is 6.92 Å². The first-order valence-electron chi connectivity index (χ1n) is 8.37. The van der Waals surface area contributed by atoms with E-state index in [4.69, 9.17) is 4.42 Å². The molecule has 1 N–H and O–H groups in total. The van der Waals surface area contributed by atoms with Crippen molar-refractivity contribution in [3.8, 4) is 11.3 Å². The van der Waals surface area contributed by atoms with E-state index in [1.165, 1.54) is 5.69 Å². The number of aromatic nitrogens is 4. The summed E-state index contributed by atoms with van der Waals surface area (Å²) in [5, 5.41) is 7.69. The first kappa shape index (κ1) is 15.1. The molecule has 24 heavy (non-hydrogen) atoms. The average Bonchev–Trinajstić information content (AvgIpc) is 3.26. The molecule has 0 bridgehead atoms. The van der Waals surface area contributed by atoms with E-state index >= 15 is 0 Å². The fourth-order valence-electron chi connectivity index (χ4n) is 3.32. The lowest BCUT2D eigenvalue weighted by atomic mass is 9.93. The highest BCUT2D eigenvalue weighted by molar-refractivity contribution is 5.58. The van der Waals surface area contributed by atoms with E-state index in [2.05, 4.69) is 31.1 Å². The molecule has 6 nitrogen and oxygen atoms in total. The molecule has 124 valence electrons. The number of rotatable bonds is 4. The summed E-state index contributed by atoms with van der Waals surface area (Å²) in [5.41, 5.74) is 3.33. The Morgan fingerprint density at radius 2 is 2.04 bits per heavy atom. The molecule has 1 aliphatic heterocycles. The maximum Gasteiger partial charge on any atom is 0.191 e. The second kappa shape index (κ2) is 6.57. The number of hydrogen-bond acceptors (Lipinski definition) is 5. The van der Waals surface area contributed by atoms with Crippen LogP contribution in [0.15, 0.2) is 41.2 Å². The Labute approximate surface area is 140 Å². The summed E-state index contributed by atoms with van der Waals surface area (Å²) in [5.74, 6) is 2.23. The van der Waals surface area contributed by atoms with Crippen LogP contribution in [-0.4, -0.2) is 38.2 Å². The summed E-state index contributed by atoms with van der Waals surface area (Å²) in [4.78, 5) is 10.6. The predicted molar refractivity (Wildman–Crippen MR) is 90.3 cm³/mol. The van der Waals surface area contributed by atoms with Crippen LogP contribution in [0.4, 0.5) is 0 Å². The van der Waals surface area contributed by atoms with Crippen molar-refractivity contribution >= 4 is 0 Å². The van der Waals surface area contributed by atoms with Gasteiger partial charge in [-0.15, -0.1) is 0 Å². The van der Waals surface area contributed by atoms with Gasteiger partial charge in [0.05, 0.1) is 18.4 Å². The van der Waals surface area contributed by atoms with Gasteiger partial charge >= 0.3 is 0 Å². The quantitative estimate of drug-likeness (QED) is 0.798. The molecule has 0 spiro atoms. The van der Waals surface area contributed by atoms with Gasteiger partial charge in [-0.3, -0.25) is 15.0 Å². The van der Waals surface area contributed by atoms with Crippen molar-refractivity contribution in [3.05, 3.63) is 54.1 Å². The molecule has 4 heterocycles. The molecule has 3 aromatic heterocycles. The molecule has 0 aromatic carbocycles. The number of aryl methyl sites for hydroxylation is 1. The lowest BCUT2D eigenvalue weighted by molar-refractivity contribution is 0.189. The third-order valence-corrected chi connectivity index (χ3v) is 4.65. The van der Waals surface area contributed by atoms with Crippen LogP contribution in [0.3, 0.4) is 0 Å². The zero-order chi connectivity index (χ0) is 16.4. The molecule has 0 atom stereocenters. The maximum absolute atomic E-state index is 5.58. The van der Waals surface area contributed by atoms with Crippen molar-refractivity contribution in [2.24, 2.45) is 0 Å². The van der Waals surface area contributed by atoms with Gasteiger partial charge in [-0.05, 0) is 44.1 Å². The van der Waals surface area contributed by atoms with Gasteiger partial charge in [0.2, 0.25) is 0 Å². The van der Waals surface area contributed by atoms with Crippen LogP contribution in [0.1, 0.15) is 36.1 Å². The summed E-state index contributed by atoms with van der Waals surface area (Å²) in [6.45, 7) is 4.86. The van der Waals surface area contributed by atoms with E-state index in [9.17, 15) is 0 Å². The number of nitrogens with one attached hydrogen (secondary N) is 1. The molecule has 4 rings (SSSR count). The van der Waals surface area contributed by atoms with E-state index in [1.54, 1.807) is 12.4 Å². The van der Waals surface area contributed by atoms with Crippen molar-refractivity contribution in [3.63, 3.8) is 0 Å². The van der Waals surface area contributed by atoms with Crippen LogP contribution in [0.25, 0.3) is 11.3 Å². The average molecular weight is 323 g/mol. The monoisotopic (exact) mass is 323 g/mol. The van der Waals surface area contributed by atoms with Gasteiger partial charge in [0.15, 0.2) is 5.89 Å². The Hall–Kier alpha value is -2.47. The van der Waals surface area contributed by atoms with Gasteiger partial charge in [0.25, 0.3) is 0 Å². The van der Waals surface area contributed by atoms with Gasteiger partial charge in [0, 0.05) is 36.5 Å². The number of aromatic amines is 1. The van der Waals surface area contributed by atoms with Crippen LogP contribution < -0.4 is 0 Å². The minimum Gasteiger partial charge on any atom is -0.445 e. The Morgan fingerprint density at radius 3 is 2.75 bits per heavy atom. The highest BCUT2D eigenvalue weighted by Gasteiger charge is 2.23. The molecule has 0 amide bonds. The lowest BCUT2D eigenvalue weighted by Gasteiger charge is -2.30. The first-order valence-corrected chi connectivity index (χ1v) is 8.37. The number of oxazole rings is 1. The third kappa shape index (κ3) is 3.23. The van der Waals surface area contributed by atoms with Crippen molar-refractivity contribution in [2.75, 3.05) is 13.1 Å². The Kier molecular flexibility index (Phi) is 4.13. The first-order chi connectivity index (χ1) is 11.8. The number of hydrogen-bond donors (Lipinski definition) is 1. The second-order valence-electron chi connectivity index (χ2n) is 6.34. The van der Waals surface area contributed by atoms with Crippen molar-refractivity contribution < 1.29 is 4.42 Å². The van der Waals surface area contributed by atoms with E-state index in [-0.39, 0.29) is 0 Å². The van der Waals surface area contributed by atoms with Gasteiger partial charge in [-0.1, -0.05) is 0 Å². The van der Waals surface area contributed by atoms with Crippen molar-refractivity contribution in [1.82, 2.24) is 25.1 Å². The highest BCUT2D eigenvalue weighted by atomic mass is 16.4. The van der Waals surface area contributed by atoms with Crippen molar-refractivity contribution in [2.45, 2.75) is 32.2 Å². The predicted octanol–water partition coefficient (Wildman–Crippen LogP) is 3.15. The molecular formula is C18H21N5O. The van der Waals surface area contributed by atoms with E-state index in [0.29, 0.717) is 5.92 Å². The van der Waals surface area contributed by atoms with E-state index in [1.807, 2.05) is 25.3 Å². The van der Waals surface area contributed by atoms with Crippen LogP contribution >= 0.6 is 0 Å². The van der Waals surface area contributed by atoms with E-state index < -0.39 is 0 Å². The molecular weight excluding hydrogens is 302 g/mol. The molecule has 1 saturated heterocycles. The topological polar surface area (TPSA) is 70.8 Å². The molecule has 6 heteroatoms. The summed E-state index contributed by atoms with van der Waals surface area (Å²) < 4.78 is 5.58. The minimum atomic E-state index is 0.542. The normalized spacial score (nSPS) is 16.5. The second-order valence-corrected chi connectivity index (χ2v) is 6.34. The number of likely N-dealkylation sites (tertiary alicyclic amines) is 1. The fourth-order valence-corrected chi connectivity index (χ4v) is 3.32. The molecule has 0 unspecified atom stereocenters. The van der Waals surface area contributed by atoms with Crippen LogP contribution in [-0.2, 0) is 6.54 Å². The Bertz CT molecular complexity index is 787. The molecule has 0 radical (unpaired) electrons. The molecule has 0 saturated carbocycles. The van der Waals surface area contributed by atoms with Gasteiger partial charge in [-0.25, -0.2) is 4.98 Å². The van der Waals surface area contributed by atoms with Crippen LogP contribution in [0.2, 0.25) is 0 Å². The SMILES string of the molecule is Cc1ncc(CN2CCC(c3cc(-c4ccncc4)n[nH]3)CC2)o1. The molecule has 1 fully saturated rings. The Morgan fingerprint density at radius 1 is 1.25 bits per heavy atom. The van der Waals surface area contributed by atoms with Crippen molar-refractivity contribution in [1.29, 1.82) is 0 Å². The fraction of sp³-hybridized carbons (Fsp3) is 0.389. The van der Waals surface area contributed by atoms with Gasteiger partial charge < -0.3 is 4.42 Å². The molecule has 1 aliphatic rings. The zero-order valence-corrected chi connectivity index (χ0v) is 13.8. The standard InChI is InChI=1S/C18H21N5O/c1-13-20-11-16(24-13)12-23-8-4-15(5-9-23)18-10-17(21-22-18)14-2-6-19-7-3-14/h2-3,6-7,10-11,15H,4-5,8-9,12H2,1H3,(H,21,22). The number of H-pyrrole nitrogens is 1. The smallest absolute Gasteiger partial charge is 0.191 e. The summed E-state index contributed by atoms with van der Waals surface area (Å²) in [6, 6.07) is 6.15.